The molecule has 1 aliphatic carbocycles. The van der Waals surface area contributed by atoms with E-state index in [1.165, 1.54) is 43.9 Å². The first kappa shape index (κ1) is 16.9. The maximum atomic E-state index is 11.7. The Hall–Kier alpha value is -0.910. The Morgan fingerprint density at radius 1 is 1.04 bits per heavy atom. The van der Waals surface area contributed by atoms with Gasteiger partial charge < -0.3 is 5.32 Å². The van der Waals surface area contributed by atoms with Crippen LogP contribution in [0.25, 0.3) is 0 Å². The number of rotatable bonds is 4. The fourth-order valence-corrected chi connectivity index (χ4v) is 4.73. The Labute approximate surface area is 140 Å². The Kier molecular flexibility index (Phi) is 5.39. The third kappa shape index (κ3) is 4.14. The molecule has 0 unspecified atom stereocenters. The van der Waals surface area contributed by atoms with Gasteiger partial charge in [0, 0.05) is 38.5 Å². The van der Waals surface area contributed by atoms with Crippen LogP contribution in [0.2, 0.25) is 0 Å². The molecule has 0 amide bonds. The maximum Gasteiger partial charge on any atom is 0.175 e. The lowest BCUT2D eigenvalue weighted by Gasteiger charge is -2.41. The molecule has 1 atom stereocenters. The first-order valence-electron chi connectivity index (χ1n) is 8.80. The summed E-state index contributed by atoms with van der Waals surface area (Å²) < 4.78 is 23.4. The number of sulfone groups is 1. The van der Waals surface area contributed by atoms with Gasteiger partial charge in [-0.1, -0.05) is 31.4 Å². The highest BCUT2D eigenvalue weighted by atomic mass is 32.2. The lowest BCUT2D eigenvalue weighted by Crippen LogP contribution is -2.47. The SMILES string of the molecule is CS(=O)(=O)c1ccc([C@@H](C2CCCCC2)N2CCNCC2)cc1. The molecule has 1 aromatic carbocycles. The second-order valence-corrected chi connectivity index (χ2v) is 8.99. The summed E-state index contributed by atoms with van der Waals surface area (Å²) in [6.45, 7) is 4.25. The van der Waals surface area contributed by atoms with Crippen LogP contribution in [0.5, 0.6) is 0 Å². The molecule has 1 aliphatic heterocycles. The molecule has 0 radical (unpaired) electrons. The van der Waals surface area contributed by atoms with E-state index in [1.807, 2.05) is 12.1 Å². The largest absolute Gasteiger partial charge is 0.314 e. The van der Waals surface area contributed by atoms with E-state index in [0.29, 0.717) is 16.9 Å². The molecule has 4 nitrogen and oxygen atoms in total. The van der Waals surface area contributed by atoms with E-state index in [1.54, 1.807) is 12.1 Å². The average molecular weight is 337 g/mol. The van der Waals surface area contributed by atoms with Gasteiger partial charge in [-0.2, -0.15) is 0 Å². The van der Waals surface area contributed by atoms with Gasteiger partial charge in [0.05, 0.1) is 4.90 Å². The summed E-state index contributed by atoms with van der Waals surface area (Å²) in [5, 5.41) is 3.43. The molecule has 1 saturated heterocycles. The topological polar surface area (TPSA) is 49.4 Å². The van der Waals surface area contributed by atoms with Crippen LogP contribution in [0.3, 0.4) is 0 Å². The van der Waals surface area contributed by atoms with Crippen LogP contribution >= 0.6 is 0 Å². The number of nitrogens with zero attached hydrogens (tertiary/aromatic N) is 1. The third-order valence-corrected chi connectivity index (χ3v) is 6.42. The predicted molar refractivity (Wildman–Crippen MR) is 93.3 cm³/mol. The van der Waals surface area contributed by atoms with Crippen molar-refractivity contribution in [2.24, 2.45) is 5.92 Å². The highest BCUT2D eigenvalue weighted by molar-refractivity contribution is 7.90. The monoisotopic (exact) mass is 336 g/mol. The summed E-state index contributed by atoms with van der Waals surface area (Å²) in [7, 11) is -3.12. The number of hydrogen-bond acceptors (Lipinski definition) is 4. The zero-order valence-electron chi connectivity index (χ0n) is 14.0. The first-order chi connectivity index (χ1) is 11.1. The second-order valence-electron chi connectivity index (χ2n) is 6.97. The van der Waals surface area contributed by atoms with Crippen molar-refractivity contribution in [1.82, 2.24) is 10.2 Å². The average Bonchev–Trinajstić information content (AvgIpc) is 2.57. The van der Waals surface area contributed by atoms with Crippen molar-refractivity contribution in [1.29, 1.82) is 0 Å². The molecule has 5 heteroatoms. The van der Waals surface area contributed by atoms with Crippen molar-refractivity contribution in [3.8, 4) is 0 Å². The molecule has 0 bridgehead atoms. The zero-order valence-corrected chi connectivity index (χ0v) is 14.8. The molecule has 2 aliphatic rings. The van der Waals surface area contributed by atoms with Crippen molar-refractivity contribution in [2.45, 2.75) is 43.0 Å². The van der Waals surface area contributed by atoms with Crippen molar-refractivity contribution < 1.29 is 8.42 Å². The van der Waals surface area contributed by atoms with E-state index in [-0.39, 0.29) is 0 Å². The molecule has 2 fully saturated rings. The van der Waals surface area contributed by atoms with Crippen molar-refractivity contribution >= 4 is 9.84 Å². The van der Waals surface area contributed by atoms with Crippen LogP contribution in [-0.2, 0) is 9.84 Å². The Morgan fingerprint density at radius 3 is 2.22 bits per heavy atom. The molecule has 3 rings (SSSR count). The van der Waals surface area contributed by atoms with Gasteiger partial charge >= 0.3 is 0 Å². The normalized spacial score (nSPS) is 22.8. The Bertz CT molecular complexity index is 582. The lowest BCUT2D eigenvalue weighted by atomic mass is 9.80. The van der Waals surface area contributed by atoms with Crippen molar-refractivity contribution in [3.63, 3.8) is 0 Å². The molecule has 1 N–H and O–H groups in total. The van der Waals surface area contributed by atoms with Gasteiger partial charge in [-0.05, 0) is 36.5 Å². The van der Waals surface area contributed by atoms with E-state index >= 15 is 0 Å². The van der Waals surface area contributed by atoms with Gasteiger partial charge in [-0.15, -0.1) is 0 Å². The summed E-state index contributed by atoms with van der Waals surface area (Å²) in [6.07, 6.45) is 7.88. The Morgan fingerprint density at radius 2 is 1.65 bits per heavy atom. The van der Waals surface area contributed by atoms with E-state index in [2.05, 4.69) is 10.2 Å². The number of nitrogens with one attached hydrogen (secondary N) is 1. The fraction of sp³-hybridized carbons (Fsp3) is 0.667. The molecular formula is C18H28N2O2S. The van der Waals surface area contributed by atoms with Crippen molar-refractivity contribution in [2.75, 3.05) is 32.4 Å². The summed E-state index contributed by atoms with van der Waals surface area (Å²) in [5.41, 5.74) is 1.28. The predicted octanol–water partition coefficient (Wildman–Crippen LogP) is 2.62. The van der Waals surface area contributed by atoms with E-state index in [4.69, 9.17) is 0 Å². The summed E-state index contributed by atoms with van der Waals surface area (Å²) in [6, 6.07) is 8.08. The maximum absolute atomic E-state index is 11.7. The molecular weight excluding hydrogens is 308 g/mol. The van der Waals surface area contributed by atoms with Crippen molar-refractivity contribution in [3.05, 3.63) is 29.8 Å². The highest BCUT2D eigenvalue weighted by Crippen LogP contribution is 2.38. The minimum absolute atomic E-state index is 0.420. The van der Waals surface area contributed by atoms with Gasteiger partial charge in [0.2, 0.25) is 0 Å². The van der Waals surface area contributed by atoms with Gasteiger partial charge in [0.1, 0.15) is 0 Å². The number of benzene rings is 1. The standard InChI is InChI=1S/C18H28N2O2S/c1-23(21,22)17-9-7-16(8-10-17)18(15-5-3-2-4-6-15)20-13-11-19-12-14-20/h7-10,15,18-19H,2-6,11-14H2,1H3/t18-/m1/s1. The van der Waals surface area contributed by atoms with Crippen LogP contribution < -0.4 is 5.32 Å². The molecule has 23 heavy (non-hydrogen) atoms. The van der Waals surface area contributed by atoms with Crippen LogP contribution in [0, 0.1) is 5.92 Å². The van der Waals surface area contributed by atoms with Gasteiger partial charge in [-0.3, -0.25) is 4.90 Å². The molecule has 128 valence electrons. The zero-order chi connectivity index (χ0) is 16.3. The van der Waals surface area contributed by atoms with Crippen LogP contribution in [0.1, 0.15) is 43.7 Å². The second kappa shape index (κ2) is 7.32. The molecule has 0 spiro atoms. The molecule has 1 aromatic rings. The molecule has 1 saturated carbocycles. The quantitative estimate of drug-likeness (QED) is 0.918. The summed E-state index contributed by atoms with van der Waals surface area (Å²) >= 11 is 0. The minimum Gasteiger partial charge on any atom is -0.314 e. The van der Waals surface area contributed by atoms with E-state index < -0.39 is 9.84 Å². The van der Waals surface area contributed by atoms with Crippen LogP contribution in [0.4, 0.5) is 0 Å². The van der Waals surface area contributed by atoms with Crippen LogP contribution in [-0.4, -0.2) is 45.8 Å². The van der Waals surface area contributed by atoms with E-state index in [0.717, 1.165) is 26.2 Å². The number of piperazine rings is 1. The van der Waals surface area contributed by atoms with Gasteiger partial charge in [0.25, 0.3) is 0 Å². The van der Waals surface area contributed by atoms with Gasteiger partial charge in [0.15, 0.2) is 9.84 Å². The lowest BCUT2D eigenvalue weighted by molar-refractivity contribution is 0.103. The highest BCUT2D eigenvalue weighted by Gasteiger charge is 2.30. The molecule has 0 aromatic heterocycles. The minimum atomic E-state index is -3.12. The van der Waals surface area contributed by atoms with Crippen LogP contribution in [0.15, 0.2) is 29.2 Å². The summed E-state index contributed by atoms with van der Waals surface area (Å²) in [4.78, 5) is 3.02. The van der Waals surface area contributed by atoms with E-state index in [9.17, 15) is 8.42 Å². The Balaban J connectivity index is 1.87. The first-order valence-corrected chi connectivity index (χ1v) is 10.7. The fourth-order valence-electron chi connectivity index (χ4n) is 4.10. The molecule has 1 heterocycles. The smallest absolute Gasteiger partial charge is 0.175 e. The number of hydrogen-bond donors (Lipinski definition) is 1. The summed E-state index contributed by atoms with van der Waals surface area (Å²) in [5.74, 6) is 0.700. The van der Waals surface area contributed by atoms with Gasteiger partial charge in [-0.25, -0.2) is 8.42 Å². The third-order valence-electron chi connectivity index (χ3n) is 5.29.